The van der Waals surface area contributed by atoms with Crippen LogP contribution in [0.15, 0.2) is 24.3 Å². The number of nitrogens with zero attached hydrogens (tertiary/aromatic N) is 1. The molecule has 1 aromatic carbocycles. The van der Waals surface area contributed by atoms with Crippen molar-refractivity contribution in [2.24, 2.45) is 0 Å². The minimum atomic E-state index is -4.58. The summed E-state index contributed by atoms with van der Waals surface area (Å²) < 4.78 is 39.7. The molecule has 1 fully saturated rings. The maximum atomic E-state index is 11.9. The minimum Gasteiger partial charge on any atom is -0.440 e. The number of likely N-dealkylation sites (tertiary alicyclic amines) is 1. The van der Waals surface area contributed by atoms with Crippen LogP contribution in [0.1, 0.15) is 31.2 Å². The van der Waals surface area contributed by atoms with Gasteiger partial charge < -0.3 is 15.4 Å². The molecule has 0 bridgehead atoms. The molecule has 1 heterocycles. The number of nitrogens with one attached hydrogen (secondary N) is 2. The maximum absolute atomic E-state index is 11.9. The zero-order valence-corrected chi connectivity index (χ0v) is 15.0. The first-order chi connectivity index (χ1) is 12.8. The number of alkyl carbamates (subject to hydrolysis) is 1. The van der Waals surface area contributed by atoms with Crippen molar-refractivity contribution in [3.05, 3.63) is 29.8 Å². The first-order valence-corrected chi connectivity index (χ1v) is 8.90. The Labute approximate surface area is 156 Å². The van der Waals surface area contributed by atoms with Crippen LogP contribution in [0.25, 0.3) is 0 Å². The van der Waals surface area contributed by atoms with E-state index in [-0.39, 0.29) is 18.9 Å². The van der Waals surface area contributed by atoms with E-state index in [4.69, 9.17) is 0 Å². The predicted molar refractivity (Wildman–Crippen MR) is 94.2 cm³/mol. The summed E-state index contributed by atoms with van der Waals surface area (Å²) in [5.74, 6) is -0.346. The molecule has 6 nitrogen and oxygen atoms in total. The van der Waals surface area contributed by atoms with E-state index in [2.05, 4.69) is 20.3 Å². The number of benzene rings is 1. The van der Waals surface area contributed by atoms with Gasteiger partial charge in [0.25, 0.3) is 0 Å². The van der Waals surface area contributed by atoms with E-state index in [9.17, 15) is 22.8 Å². The Bertz CT molecular complexity index is 632. The molecule has 0 spiro atoms. The molecular formula is C18H24F3N3O3. The van der Waals surface area contributed by atoms with Crippen molar-refractivity contribution in [1.82, 2.24) is 10.2 Å². The molecular weight excluding hydrogens is 363 g/mol. The molecule has 0 atom stereocenters. The fourth-order valence-corrected chi connectivity index (χ4v) is 2.82. The van der Waals surface area contributed by atoms with Gasteiger partial charge in [-0.15, -0.1) is 0 Å². The molecule has 1 aromatic rings. The smallest absolute Gasteiger partial charge is 0.422 e. The Morgan fingerprint density at radius 1 is 1.15 bits per heavy atom. The molecule has 0 unspecified atom stereocenters. The Hall–Kier alpha value is -2.29. The lowest BCUT2D eigenvalue weighted by Gasteiger charge is -2.26. The van der Waals surface area contributed by atoms with Crippen LogP contribution in [0.3, 0.4) is 0 Å². The summed E-state index contributed by atoms with van der Waals surface area (Å²) in [6, 6.07) is 7.53. The Morgan fingerprint density at radius 3 is 2.59 bits per heavy atom. The summed E-state index contributed by atoms with van der Waals surface area (Å²) in [7, 11) is 0. The lowest BCUT2D eigenvalue weighted by atomic mass is 10.1. The van der Waals surface area contributed by atoms with Crippen LogP contribution in [0.4, 0.5) is 23.7 Å². The highest BCUT2D eigenvalue weighted by molar-refractivity contribution is 5.91. The van der Waals surface area contributed by atoms with Gasteiger partial charge >= 0.3 is 12.3 Å². The molecule has 27 heavy (non-hydrogen) atoms. The van der Waals surface area contributed by atoms with E-state index < -0.39 is 18.9 Å². The third-order valence-corrected chi connectivity index (χ3v) is 4.05. The molecule has 0 aromatic heterocycles. The molecule has 2 N–H and O–H groups in total. The molecule has 150 valence electrons. The number of amides is 2. The van der Waals surface area contributed by atoms with Crippen LogP contribution in [0.5, 0.6) is 0 Å². The van der Waals surface area contributed by atoms with Gasteiger partial charge in [0.2, 0.25) is 5.91 Å². The molecule has 2 rings (SSSR count). The van der Waals surface area contributed by atoms with Crippen molar-refractivity contribution in [2.45, 2.75) is 38.4 Å². The van der Waals surface area contributed by atoms with Crippen molar-refractivity contribution in [3.8, 4) is 0 Å². The van der Waals surface area contributed by atoms with E-state index in [1.54, 1.807) is 6.07 Å². The largest absolute Gasteiger partial charge is 0.440 e. The first kappa shape index (κ1) is 21.0. The number of carbonyl (C=O) groups is 2. The molecule has 1 aliphatic heterocycles. The van der Waals surface area contributed by atoms with E-state index >= 15 is 0 Å². The summed E-state index contributed by atoms with van der Waals surface area (Å²) in [5.41, 5.74) is 1.75. The summed E-state index contributed by atoms with van der Waals surface area (Å²) >= 11 is 0. The van der Waals surface area contributed by atoms with Crippen LogP contribution >= 0.6 is 0 Å². The van der Waals surface area contributed by atoms with Gasteiger partial charge in [0.15, 0.2) is 6.61 Å². The third kappa shape index (κ3) is 8.76. The van der Waals surface area contributed by atoms with Gasteiger partial charge in [-0.05, 0) is 43.6 Å². The second-order valence-corrected chi connectivity index (χ2v) is 6.45. The van der Waals surface area contributed by atoms with Gasteiger partial charge in [-0.1, -0.05) is 18.6 Å². The van der Waals surface area contributed by atoms with Crippen molar-refractivity contribution in [2.75, 3.05) is 31.6 Å². The zero-order chi connectivity index (χ0) is 19.7. The van der Waals surface area contributed by atoms with Crippen molar-refractivity contribution in [1.29, 1.82) is 0 Å². The number of rotatable bonds is 7. The van der Waals surface area contributed by atoms with Gasteiger partial charge in [-0.2, -0.15) is 13.2 Å². The number of hydrogen-bond acceptors (Lipinski definition) is 4. The highest BCUT2D eigenvalue weighted by Crippen LogP contribution is 2.16. The molecule has 1 saturated heterocycles. The predicted octanol–water partition coefficient (Wildman–Crippen LogP) is 3.29. The molecule has 0 radical (unpaired) electrons. The van der Waals surface area contributed by atoms with E-state index in [1.165, 1.54) is 19.3 Å². The standard InChI is InChI=1S/C18H24F3N3O3/c19-18(20,21)13-27-17(26)22-8-7-16(25)23-15-6-4-5-14(11-15)12-24-9-2-1-3-10-24/h4-6,11H,1-3,7-10,12-13H2,(H,22,26)(H,23,25). The molecule has 2 amide bonds. The topological polar surface area (TPSA) is 70.7 Å². The van der Waals surface area contributed by atoms with Gasteiger partial charge in [-0.25, -0.2) is 4.79 Å². The van der Waals surface area contributed by atoms with E-state index in [1.807, 2.05) is 18.2 Å². The number of hydrogen-bond donors (Lipinski definition) is 2. The molecule has 9 heteroatoms. The number of alkyl halides is 3. The summed E-state index contributed by atoms with van der Waals surface area (Å²) in [6.45, 7) is 1.21. The van der Waals surface area contributed by atoms with Crippen molar-refractivity contribution >= 4 is 17.7 Å². The lowest BCUT2D eigenvalue weighted by Crippen LogP contribution is -2.31. The fourth-order valence-electron chi connectivity index (χ4n) is 2.82. The molecule has 0 saturated carbocycles. The number of ether oxygens (including phenoxy) is 1. The van der Waals surface area contributed by atoms with Crippen LogP contribution < -0.4 is 10.6 Å². The Kier molecular flexibility index (Phi) is 7.90. The summed E-state index contributed by atoms with van der Waals surface area (Å²) in [4.78, 5) is 25.4. The van der Waals surface area contributed by atoms with Gasteiger partial charge in [0, 0.05) is 25.2 Å². The SMILES string of the molecule is O=C(CCNC(=O)OCC(F)(F)F)Nc1cccc(CN2CCCCC2)c1. The van der Waals surface area contributed by atoms with Gasteiger partial charge in [0.1, 0.15) is 0 Å². The average molecular weight is 387 g/mol. The van der Waals surface area contributed by atoms with Crippen LogP contribution in [0.2, 0.25) is 0 Å². The average Bonchev–Trinajstić information content (AvgIpc) is 2.60. The number of anilines is 1. The molecule has 0 aliphatic carbocycles. The third-order valence-electron chi connectivity index (χ3n) is 4.05. The number of piperidine rings is 1. The Morgan fingerprint density at radius 2 is 1.89 bits per heavy atom. The monoisotopic (exact) mass is 387 g/mol. The van der Waals surface area contributed by atoms with Crippen LogP contribution in [-0.4, -0.2) is 49.3 Å². The minimum absolute atomic E-state index is 0.0720. The van der Waals surface area contributed by atoms with E-state index in [0.29, 0.717) is 5.69 Å². The highest BCUT2D eigenvalue weighted by atomic mass is 19.4. The quantitative estimate of drug-likeness (QED) is 0.753. The van der Waals surface area contributed by atoms with Crippen LogP contribution in [-0.2, 0) is 16.1 Å². The lowest BCUT2D eigenvalue weighted by molar-refractivity contribution is -0.160. The van der Waals surface area contributed by atoms with Gasteiger partial charge in [-0.3, -0.25) is 9.69 Å². The molecule has 1 aliphatic rings. The fraction of sp³-hybridized carbons (Fsp3) is 0.556. The highest BCUT2D eigenvalue weighted by Gasteiger charge is 2.29. The van der Waals surface area contributed by atoms with Crippen molar-refractivity contribution < 1.29 is 27.5 Å². The first-order valence-electron chi connectivity index (χ1n) is 8.90. The number of halogens is 3. The maximum Gasteiger partial charge on any atom is 0.422 e. The van der Waals surface area contributed by atoms with Crippen molar-refractivity contribution in [3.63, 3.8) is 0 Å². The summed E-state index contributed by atoms with van der Waals surface area (Å²) in [6.07, 6.45) is -2.18. The van der Waals surface area contributed by atoms with Gasteiger partial charge in [0.05, 0.1) is 0 Å². The van der Waals surface area contributed by atoms with Crippen LogP contribution in [0, 0.1) is 0 Å². The second-order valence-electron chi connectivity index (χ2n) is 6.45. The normalized spacial score (nSPS) is 15.2. The second kappa shape index (κ2) is 10.1. The Balaban J connectivity index is 1.70. The summed E-state index contributed by atoms with van der Waals surface area (Å²) in [5, 5.41) is 4.83. The number of carbonyl (C=O) groups excluding carboxylic acids is 2. The van der Waals surface area contributed by atoms with E-state index in [0.717, 1.165) is 25.2 Å². The zero-order valence-electron chi connectivity index (χ0n) is 15.0.